The van der Waals surface area contributed by atoms with Crippen LogP contribution < -0.4 is 0 Å². The maximum Gasteiger partial charge on any atom is 0.278 e. The summed E-state index contributed by atoms with van der Waals surface area (Å²) in [6, 6.07) is 2.27. The second-order valence-corrected chi connectivity index (χ2v) is 8.84. The van der Waals surface area contributed by atoms with Crippen LogP contribution in [0.2, 0.25) is 19.6 Å². The third-order valence-corrected chi connectivity index (χ3v) is 2.53. The number of nitriles is 1. The van der Waals surface area contributed by atoms with E-state index in [4.69, 9.17) is 9.79 Å². The molecule has 4 heteroatoms. The molecule has 72 valence electrons. The van der Waals surface area contributed by atoms with Crippen LogP contribution in [-0.2, 0) is 4.53 Å². The summed E-state index contributed by atoms with van der Waals surface area (Å²) < 4.78 is 5.42. The van der Waals surface area contributed by atoms with Crippen LogP contribution in [-0.4, -0.2) is 14.0 Å². The summed E-state index contributed by atoms with van der Waals surface area (Å²) >= 11 is 0. The zero-order valence-electron chi connectivity index (χ0n) is 8.50. The van der Waals surface area contributed by atoms with E-state index in [1.165, 1.54) is 0 Å². The highest BCUT2D eigenvalue weighted by Crippen LogP contribution is 2.22. The van der Waals surface area contributed by atoms with E-state index in [1.807, 2.05) is 0 Å². The Morgan fingerprint density at radius 2 is 2.23 bits per heavy atom. The predicted molar refractivity (Wildman–Crippen MR) is 54.8 cm³/mol. The smallest absolute Gasteiger partial charge is 0.278 e. The van der Waals surface area contributed by atoms with Gasteiger partial charge in [-0.25, -0.2) is 0 Å². The number of hydrogen-bond acceptors (Lipinski definition) is 3. The molecule has 1 aliphatic rings. The molecule has 13 heavy (non-hydrogen) atoms. The Morgan fingerprint density at radius 1 is 1.54 bits per heavy atom. The van der Waals surface area contributed by atoms with Gasteiger partial charge in [0, 0.05) is 6.42 Å². The van der Waals surface area contributed by atoms with Crippen molar-refractivity contribution < 1.29 is 4.53 Å². The molecule has 0 saturated heterocycles. The Balaban J connectivity index is 2.43. The van der Waals surface area contributed by atoms with Crippen LogP contribution in [0.5, 0.6) is 0 Å². The van der Waals surface area contributed by atoms with Crippen molar-refractivity contribution in [3.63, 3.8) is 0 Å². The monoisotopic (exact) mass is 196 g/mol. The molecule has 0 radical (unpaired) electrons. The summed E-state index contributed by atoms with van der Waals surface area (Å²) in [7, 11) is -1.53. The maximum absolute atomic E-state index is 8.67. The minimum Gasteiger partial charge on any atom is -0.456 e. The molecule has 1 unspecified atom stereocenters. The molecular formula is C9H16N2OSi. The topological polar surface area (TPSA) is 45.4 Å². The summed E-state index contributed by atoms with van der Waals surface area (Å²) in [6.45, 7) is 6.31. The minimum atomic E-state index is -1.53. The molecule has 0 amide bonds. The van der Waals surface area contributed by atoms with Crippen molar-refractivity contribution in [1.82, 2.24) is 0 Å². The van der Waals surface area contributed by atoms with Crippen LogP contribution in [0.15, 0.2) is 5.16 Å². The van der Waals surface area contributed by atoms with Crippen molar-refractivity contribution in [2.45, 2.75) is 38.9 Å². The maximum atomic E-state index is 8.67. The molecular weight excluding hydrogens is 180 g/mol. The fourth-order valence-electron chi connectivity index (χ4n) is 1.22. The molecule has 0 aromatic carbocycles. The van der Waals surface area contributed by atoms with E-state index in [0.29, 0.717) is 0 Å². The number of oxime groups is 1. The lowest BCUT2D eigenvalue weighted by atomic mass is 10.1. The third-order valence-electron chi connectivity index (χ3n) is 1.89. The van der Waals surface area contributed by atoms with Gasteiger partial charge in [0.25, 0.3) is 8.32 Å². The van der Waals surface area contributed by atoms with E-state index in [-0.39, 0.29) is 5.92 Å². The van der Waals surface area contributed by atoms with Gasteiger partial charge in [0.1, 0.15) is 0 Å². The largest absolute Gasteiger partial charge is 0.456 e. The van der Waals surface area contributed by atoms with E-state index in [1.54, 1.807) is 0 Å². The SMILES string of the molecule is C[Si](C)(C)O/N=C1\CCC(C#N)C1. The highest BCUT2D eigenvalue weighted by atomic mass is 28.4. The van der Waals surface area contributed by atoms with Crippen molar-refractivity contribution in [2.75, 3.05) is 0 Å². The van der Waals surface area contributed by atoms with E-state index in [0.717, 1.165) is 25.0 Å². The molecule has 0 bridgehead atoms. The van der Waals surface area contributed by atoms with Gasteiger partial charge in [-0.1, -0.05) is 0 Å². The van der Waals surface area contributed by atoms with Gasteiger partial charge in [-0.3, -0.25) is 0 Å². The lowest BCUT2D eigenvalue weighted by Gasteiger charge is -2.13. The lowest BCUT2D eigenvalue weighted by molar-refractivity contribution is 0.333. The summed E-state index contributed by atoms with van der Waals surface area (Å²) in [4.78, 5) is 0. The van der Waals surface area contributed by atoms with Crippen LogP contribution in [0.1, 0.15) is 19.3 Å². The highest BCUT2D eigenvalue weighted by molar-refractivity contribution is 6.69. The van der Waals surface area contributed by atoms with Gasteiger partial charge < -0.3 is 4.53 Å². The Labute approximate surface area is 80.5 Å². The molecule has 0 aromatic heterocycles. The molecule has 1 rings (SSSR count). The van der Waals surface area contributed by atoms with Gasteiger partial charge in [-0.15, -0.1) is 5.16 Å². The Hall–Kier alpha value is -0.823. The molecule has 0 heterocycles. The van der Waals surface area contributed by atoms with Crippen molar-refractivity contribution >= 4 is 14.0 Å². The quantitative estimate of drug-likeness (QED) is 0.503. The number of hydrogen-bond donors (Lipinski definition) is 0. The first-order valence-electron chi connectivity index (χ1n) is 4.65. The lowest BCUT2D eigenvalue weighted by Crippen LogP contribution is -2.22. The van der Waals surface area contributed by atoms with Crippen LogP contribution in [0.25, 0.3) is 0 Å². The fourth-order valence-corrected chi connectivity index (χ4v) is 1.63. The van der Waals surface area contributed by atoms with Crippen LogP contribution >= 0.6 is 0 Å². The van der Waals surface area contributed by atoms with Crippen molar-refractivity contribution in [3.8, 4) is 6.07 Å². The Kier molecular flexibility index (Phi) is 3.10. The zero-order chi connectivity index (χ0) is 9.90. The Morgan fingerprint density at radius 3 is 2.69 bits per heavy atom. The molecule has 0 N–H and O–H groups in total. The molecule has 0 aliphatic heterocycles. The standard InChI is InChI=1S/C9H16N2OSi/c1-13(2,3)12-11-9-5-4-8(6-9)7-10/h8H,4-6H2,1-3H3/b11-9+. The van der Waals surface area contributed by atoms with Crippen LogP contribution in [0, 0.1) is 17.2 Å². The first-order chi connectivity index (χ1) is 6.01. The molecule has 3 nitrogen and oxygen atoms in total. The summed E-state index contributed by atoms with van der Waals surface area (Å²) in [5.74, 6) is 0.170. The number of rotatable bonds is 2. The molecule has 1 saturated carbocycles. The second-order valence-electron chi connectivity index (χ2n) is 4.43. The van der Waals surface area contributed by atoms with Gasteiger partial charge in [-0.2, -0.15) is 5.26 Å². The van der Waals surface area contributed by atoms with Gasteiger partial charge >= 0.3 is 0 Å². The molecule has 0 spiro atoms. The van der Waals surface area contributed by atoms with Gasteiger partial charge in [0.15, 0.2) is 0 Å². The van der Waals surface area contributed by atoms with Gasteiger partial charge in [0.2, 0.25) is 0 Å². The summed E-state index contributed by atoms with van der Waals surface area (Å²) in [5.41, 5.74) is 1.06. The number of nitrogens with zero attached hydrogens (tertiary/aromatic N) is 2. The van der Waals surface area contributed by atoms with E-state index in [9.17, 15) is 0 Å². The normalized spacial score (nSPS) is 26.0. The van der Waals surface area contributed by atoms with Gasteiger partial charge in [0.05, 0.1) is 17.7 Å². The molecule has 1 aliphatic carbocycles. The van der Waals surface area contributed by atoms with E-state index in [2.05, 4.69) is 30.9 Å². The average Bonchev–Trinajstić information content (AvgIpc) is 2.47. The first kappa shape index (κ1) is 10.3. The summed E-state index contributed by atoms with van der Waals surface area (Å²) in [5, 5.41) is 12.8. The summed E-state index contributed by atoms with van der Waals surface area (Å²) in [6.07, 6.45) is 2.69. The van der Waals surface area contributed by atoms with E-state index < -0.39 is 8.32 Å². The van der Waals surface area contributed by atoms with Crippen LogP contribution in [0.3, 0.4) is 0 Å². The Bertz CT molecular complexity index is 249. The van der Waals surface area contributed by atoms with E-state index >= 15 is 0 Å². The fraction of sp³-hybridized carbons (Fsp3) is 0.778. The molecule has 0 aromatic rings. The average molecular weight is 196 g/mol. The first-order valence-corrected chi connectivity index (χ1v) is 8.05. The molecule has 1 atom stereocenters. The predicted octanol–water partition coefficient (Wildman–Crippen LogP) is 2.52. The zero-order valence-corrected chi connectivity index (χ0v) is 9.50. The molecule has 1 fully saturated rings. The highest BCUT2D eigenvalue weighted by Gasteiger charge is 2.22. The van der Waals surface area contributed by atoms with Crippen molar-refractivity contribution in [2.24, 2.45) is 11.1 Å². The van der Waals surface area contributed by atoms with Crippen molar-refractivity contribution in [1.29, 1.82) is 5.26 Å². The van der Waals surface area contributed by atoms with Crippen LogP contribution in [0.4, 0.5) is 0 Å². The van der Waals surface area contributed by atoms with Gasteiger partial charge in [-0.05, 0) is 32.5 Å². The third kappa shape index (κ3) is 3.60. The minimum absolute atomic E-state index is 0.170. The second kappa shape index (κ2) is 3.92. The van der Waals surface area contributed by atoms with Crippen molar-refractivity contribution in [3.05, 3.63) is 0 Å².